The predicted octanol–water partition coefficient (Wildman–Crippen LogP) is 0.394. The quantitative estimate of drug-likeness (QED) is 0.665. The first-order valence-electron chi connectivity index (χ1n) is 5.54. The zero-order valence-corrected chi connectivity index (χ0v) is 10.1. The molecule has 0 spiro atoms. The summed E-state index contributed by atoms with van der Waals surface area (Å²) in [6.07, 6.45) is 0.299. The Labute approximate surface area is 100 Å². The Morgan fingerprint density at radius 1 is 1.47 bits per heavy atom. The number of hydrogen-bond acceptors (Lipinski definition) is 5. The Morgan fingerprint density at radius 3 is 2.65 bits per heavy atom. The van der Waals surface area contributed by atoms with Crippen molar-refractivity contribution in [2.45, 2.75) is 26.4 Å². The number of carbonyl (C=O) groups excluding carboxylic acids is 1. The molecule has 1 heterocycles. The molecule has 94 valence electrons. The van der Waals surface area contributed by atoms with Crippen LogP contribution in [0, 0.1) is 5.92 Å². The predicted molar refractivity (Wildman–Crippen MR) is 64.5 cm³/mol. The topological polar surface area (TPSA) is 101 Å². The second-order valence-corrected chi connectivity index (χ2v) is 4.33. The zero-order chi connectivity index (χ0) is 12.8. The standard InChI is InChI=1S/C11H18N4O2/c1-7(2)5-8(16)6-13-10-4-3-9(11(12)17)14-15-10/h3-4,7-8,16H,5-6H2,1-2H3,(H2,12,17)(H,13,15). The number of aliphatic hydroxyl groups excluding tert-OH is 1. The number of anilines is 1. The fourth-order valence-corrected chi connectivity index (χ4v) is 1.41. The van der Waals surface area contributed by atoms with Gasteiger partial charge in [-0.15, -0.1) is 10.2 Å². The van der Waals surface area contributed by atoms with Crippen LogP contribution in [0.15, 0.2) is 12.1 Å². The molecule has 1 aromatic heterocycles. The molecular weight excluding hydrogens is 220 g/mol. The zero-order valence-electron chi connectivity index (χ0n) is 10.1. The number of nitrogens with one attached hydrogen (secondary N) is 1. The van der Waals surface area contributed by atoms with Crippen molar-refractivity contribution < 1.29 is 9.90 Å². The lowest BCUT2D eigenvalue weighted by molar-refractivity contribution is 0.0994. The number of nitrogens with two attached hydrogens (primary N) is 1. The smallest absolute Gasteiger partial charge is 0.269 e. The Bertz CT molecular complexity index is 364. The third kappa shape index (κ3) is 4.78. The molecule has 0 aliphatic rings. The van der Waals surface area contributed by atoms with E-state index in [4.69, 9.17) is 5.73 Å². The van der Waals surface area contributed by atoms with Gasteiger partial charge in [-0.3, -0.25) is 4.79 Å². The molecule has 0 aliphatic heterocycles. The number of rotatable bonds is 6. The maximum absolute atomic E-state index is 10.8. The minimum atomic E-state index is -0.608. The van der Waals surface area contributed by atoms with Crippen molar-refractivity contribution in [1.82, 2.24) is 10.2 Å². The molecule has 1 rings (SSSR count). The van der Waals surface area contributed by atoms with Gasteiger partial charge >= 0.3 is 0 Å². The molecule has 4 N–H and O–H groups in total. The van der Waals surface area contributed by atoms with Crippen molar-refractivity contribution in [3.05, 3.63) is 17.8 Å². The van der Waals surface area contributed by atoms with E-state index in [0.29, 0.717) is 18.3 Å². The SMILES string of the molecule is CC(C)CC(O)CNc1ccc(C(N)=O)nn1. The maximum atomic E-state index is 10.8. The third-order valence-electron chi connectivity index (χ3n) is 2.18. The molecule has 0 saturated heterocycles. The summed E-state index contributed by atoms with van der Waals surface area (Å²) < 4.78 is 0. The summed E-state index contributed by atoms with van der Waals surface area (Å²) in [6, 6.07) is 3.10. The highest BCUT2D eigenvalue weighted by atomic mass is 16.3. The van der Waals surface area contributed by atoms with Gasteiger partial charge in [0, 0.05) is 6.54 Å². The van der Waals surface area contributed by atoms with Gasteiger partial charge in [0.05, 0.1) is 6.10 Å². The van der Waals surface area contributed by atoms with Crippen LogP contribution in [0.25, 0.3) is 0 Å². The van der Waals surface area contributed by atoms with E-state index in [1.54, 1.807) is 6.07 Å². The summed E-state index contributed by atoms with van der Waals surface area (Å²) in [5.41, 5.74) is 5.16. The van der Waals surface area contributed by atoms with E-state index >= 15 is 0 Å². The van der Waals surface area contributed by atoms with Crippen molar-refractivity contribution in [3.8, 4) is 0 Å². The summed E-state index contributed by atoms with van der Waals surface area (Å²) in [5.74, 6) is 0.344. The highest BCUT2D eigenvalue weighted by Gasteiger charge is 2.07. The number of aromatic nitrogens is 2. The van der Waals surface area contributed by atoms with Crippen LogP contribution in [0.4, 0.5) is 5.82 Å². The van der Waals surface area contributed by atoms with Gasteiger partial charge in [0.2, 0.25) is 0 Å². The molecule has 0 aromatic carbocycles. The van der Waals surface area contributed by atoms with Gasteiger partial charge < -0.3 is 16.2 Å². The van der Waals surface area contributed by atoms with E-state index in [2.05, 4.69) is 15.5 Å². The van der Waals surface area contributed by atoms with Gasteiger partial charge in [0.1, 0.15) is 5.82 Å². The molecule has 6 heteroatoms. The Balaban J connectivity index is 2.44. The van der Waals surface area contributed by atoms with E-state index in [0.717, 1.165) is 6.42 Å². The van der Waals surface area contributed by atoms with Crippen LogP contribution in [0.3, 0.4) is 0 Å². The molecule has 0 saturated carbocycles. The molecular formula is C11H18N4O2. The monoisotopic (exact) mass is 238 g/mol. The molecule has 0 bridgehead atoms. The average Bonchev–Trinajstić information content (AvgIpc) is 2.26. The number of hydrogen-bond donors (Lipinski definition) is 3. The molecule has 1 atom stereocenters. The van der Waals surface area contributed by atoms with Crippen LogP contribution in [0.2, 0.25) is 0 Å². The van der Waals surface area contributed by atoms with Gasteiger partial charge in [-0.25, -0.2) is 0 Å². The van der Waals surface area contributed by atoms with Gasteiger partial charge in [0.25, 0.3) is 5.91 Å². The van der Waals surface area contributed by atoms with Gasteiger partial charge in [-0.2, -0.15) is 0 Å². The van der Waals surface area contributed by atoms with Gasteiger partial charge in [-0.05, 0) is 24.5 Å². The Morgan fingerprint density at radius 2 is 2.18 bits per heavy atom. The number of nitrogens with zero attached hydrogens (tertiary/aromatic N) is 2. The van der Waals surface area contributed by atoms with E-state index in [9.17, 15) is 9.90 Å². The first-order valence-corrected chi connectivity index (χ1v) is 5.54. The van der Waals surface area contributed by atoms with Gasteiger partial charge in [-0.1, -0.05) is 13.8 Å². The lowest BCUT2D eigenvalue weighted by Crippen LogP contribution is -2.22. The first kappa shape index (κ1) is 13.4. The van der Waals surface area contributed by atoms with E-state index in [-0.39, 0.29) is 5.69 Å². The third-order valence-corrected chi connectivity index (χ3v) is 2.18. The molecule has 1 unspecified atom stereocenters. The number of carbonyl (C=O) groups is 1. The van der Waals surface area contributed by atoms with Crippen LogP contribution in [-0.2, 0) is 0 Å². The molecule has 0 fully saturated rings. The normalized spacial score (nSPS) is 12.5. The van der Waals surface area contributed by atoms with E-state index in [1.165, 1.54) is 6.07 Å². The summed E-state index contributed by atoms with van der Waals surface area (Å²) in [7, 11) is 0. The van der Waals surface area contributed by atoms with Crippen molar-refractivity contribution >= 4 is 11.7 Å². The highest BCUT2D eigenvalue weighted by molar-refractivity contribution is 5.90. The lowest BCUT2D eigenvalue weighted by atomic mass is 10.1. The minimum Gasteiger partial charge on any atom is -0.391 e. The summed E-state index contributed by atoms with van der Waals surface area (Å²) in [6.45, 7) is 4.50. The second kappa shape index (κ2) is 6.15. The van der Waals surface area contributed by atoms with Crippen molar-refractivity contribution in [2.75, 3.05) is 11.9 Å². The summed E-state index contributed by atoms with van der Waals surface area (Å²) >= 11 is 0. The minimum absolute atomic E-state index is 0.123. The Hall–Kier alpha value is -1.69. The summed E-state index contributed by atoms with van der Waals surface area (Å²) in [5, 5.41) is 20.0. The second-order valence-electron chi connectivity index (χ2n) is 4.33. The van der Waals surface area contributed by atoms with Crippen molar-refractivity contribution in [3.63, 3.8) is 0 Å². The van der Waals surface area contributed by atoms with Crippen LogP contribution < -0.4 is 11.1 Å². The largest absolute Gasteiger partial charge is 0.391 e. The molecule has 17 heavy (non-hydrogen) atoms. The highest BCUT2D eigenvalue weighted by Crippen LogP contribution is 2.06. The van der Waals surface area contributed by atoms with Crippen LogP contribution >= 0.6 is 0 Å². The number of amides is 1. The van der Waals surface area contributed by atoms with E-state index < -0.39 is 12.0 Å². The average molecular weight is 238 g/mol. The molecule has 1 amide bonds. The van der Waals surface area contributed by atoms with Crippen molar-refractivity contribution in [1.29, 1.82) is 0 Å². The summed E-state index contributed by atoms with van der Waals surface area (Å²) in [4.78, 5) is 10.8. The van der Waals surface area contributed by atoms with Crippen LogP contribution in [-0.4, -0.2) is 33.9 Å². The van der Waals surface area contributed by atoms with Crippen LogP contribution in [0.1, 0.15) is 30.8 Å². The van der Waals surface area contributed by atoms with Crippen LogP contribution in [0.5, 0.6) is 0 Å². The van der Waals surface area contributed by atoms with Gasteiger partial charge in [0.15, 0.2) is 5.69 Å². The fraction of sp³-hybridized carbons (Fsp3) is 0.545. The number of aliphatic hydroxyl groups is 1. The number of primary amides is 1. The maximum Gasteiger partial charge on any atom is 0.269 e. The fourth-order valence-electron chi connectivity index (χ4n) is 1.41. The first-order chi connectivity index (χ1) is 7.99. The molecule has 1 aromatic rings. The molecule has 6 nitrogen and oxygen atoms in total. The Kier molecular flexibility index (Phi) is 4.84. The molecule has 0 aliphatic carbocycles. The van der Waals surface area contributed by atoms with E-state index in [1.807, 2.05) is 13.8 Å². The molecule has 0 radical (unpaired) electrons. The van der Waals surface area contributed by atoms with Crippen molar-refractivity contribution in [2.24, 2.45) is 11.7 Å². The lowest BCUT2D eigenvalue weighted by Gasteiger charge is -2.13.